The van der Waals surface area contributed by atoms with Gasteiger partial charge in [-0.3, -0.25) is 4.90 Å². The number of hydrogen-bond donors (Lipinski definition) is 1. The first-order valence-corrected chi connectivity index (χ1v) is 9.88. The van der Waals surface area contributed by atoms with Crippen molar-refractivity contribution in [3.8, 4) is 0 Å². The summed E-state index contributed by atoms with van der Waals surface area (Å²) >= 11 is 1.78. The number of hydrogen-bond acceptors (Lipinski definition) is 4. The molecule has 1 aliphatic carbocycles. The molecule has 1 aromatic rings. The molecule has 22 heavy (non-hydrogen) atoms. The second kappa shape index (κ2) is 8.44. The predicted octanol–water partition coefficient (Wildman–Crippen LogP) is 3.20. The minimum Gasteiger partial charge on any atom is -0.396 e. The van der Waals surface area contributed by atoms with Gasteiger partial charge in [0.15, 0.2) is 0 Å². The van der Waals surface area contributed by atoms with Crippen LogP contribution in [0.25, 0.3) is 0 Å². The predicted molar refractivity (Wildman–Crippen MR) is 93.2 cm³/mol. The van der Waals surface area contributed by atoms with E-state index in [9.17, 15) is 5.11 Å². The van der Waals surface area contributed by atoms with Crippen LogP contribution in [0.5, 0.6) is 0 Å². The fourth-order valence-corrected chi connectivity index (χ4v) is 4.77. The van der Waals surface area contributed by atoms with E-state index >= 15 is 0 Å². The number of aliphatic hydroxyl groups is 1. The minimum absolute atomic E-state index is 0.308. The van der Waals surface area contributed by atoms with Crippen molar-refractivity contribution in [3.05, 3.63) is 22.4 Å². The zero-order valence-electron chi connectivity index (χ0n) is 13.6. The maximum atomic E-state index is 9.43. The van der Waals surface area contributed by atoms with Crippen LogP contribution in [0, 0.1) is 5.92 Å². The first kappa shape index (κ1) is 16.4. The molecule has 1 unspecified atom stereocenters. The standard InChI is InChI=1S/C18H30N2OS/c21-10-6-18-14-19(12-16-4-2-1-3-5-16)8-9-20(18)13-17-7-11-22-15-17/h7,11,15-16,18,21H,1-6,8-10,12-14H2. The average molecular weight is 323 g/mol. The van der Waals surface area contributed by atoms with Crippen molar-refractivity contribution in [2.24, 2.45) is 5.92 Å². The van der Waals surface area contributed by atoms with E-state index < -0.39 is 0 Å². The van der Waals surface area contributed by atoms with Crippen LogP contribution in [-0.4, -0.2) is 53.7 Å². The van der Waals surface area contributed by atoms with Crippen molar-refractivity contribution >= 4 is 11.3 Å². The SMILES string of the molecule is OCCC1CN(CC2CCCCC2)CCN1Cc1ccsc1. The molecule has 1 aliphatic heterocycles. The Kier molecular flexibility index (Phi) is 6.30. The van der Waals surface area contributed by atoms with Gasteiger partial charge in [0.1, 0.15) is 0 Å². The molecule has 1 atom stereocenters. The molecule has 3 rings (SSSR count). The molecule has 124 valence electrons. The van der Waals surface area contributed by atoms with Crippen LogP contribution < -0.4 is 0 Å². The molecule has 1 saturated heterocycles. The summed E-state index contributed by atoms with van der Waals surface area (Å²) in [5.74, 6) is 0.923. The summed E-state index contributed by atoms with van der Waals surface area (Å²) in [4.78, 5) is 5.25. The Balaban J connectivity index is 1.53. The Morgan fingerprint density at radius 2 is 2.05 bits per heavy atom. The van der Waals surface area contributed by atoms with Crippen LogP contribution in [0.15, 0.2) is 16.8 Å². The fourth-order valence-electron chi connectivity index (χ4n) is 4.11. The van der Waals surface area contributed by atoms with Crippen molar-refractivity contribution in [2.45, 2.75) is 51.1 Å². The molecule has 0 aromatic carbocycles. The third kappa shape index (κ3) is 4.54. The molecule has 1 aromatic heterocycles. The van der Waals surface area contributed by atoms with Gasteiger partial charge in [0, 0.05) is 45.4 Å². The number of aliphatic hydroxyl groups excluding tert-OH is 1. The van der Waals surface area contributed by atoms with Gasteiger partial charge in [-0.2, -0.15) is 11.3 Å². The largest absolute Gasteiger partial charge is 0.396 e. The molecule has 1 saturated carbocycles. The molecular weight excluding hydrogens is 292 g/mol. The number of thiophene rings is 1. The molecule has 0 bridgehead atoms. The minimum atomic E-state index is 0.308. The highest BCUT2D eigenvalue weighted by atomic mass is 32.1. The Hall–Kier alpha value is -0.420. The Morgan fingerprint density at radius 3 is 2.77 bits per heavy atom. The monoisotopic (exact) mass is 322 g/mol. The van der Waals surface area contributed by atoms with E-state index in [-0.39, 0.29) is 0 Å². The molecular formula is C18H30N2OS. The maximum Gasteiger partial charge on any atom is 0.0446 e. The lowest BCUT2D eigenvalue weighted by Gasteiger charge is -2.42. The molecule has 2 fully saturated rings. The van der Waals surface area contributed by atoms with Gasteiger partial charge in [0.05, 0.1) is 0 Å². The Bertz CT molecular complexity index is 417. The highest BCUT2D eigenvalue weighted by Gasteiger charge is 2.28. The zero-order valence-corrected chi connectivity index (χ0v) is 14.4. The molecule has 4 heteroatoms. The number of nitrogens with zero attached hydrogens (tertiary/aromatic N) is 2. The van der Waals surface area contributed by atoms with Crippen LogP contribution in [0.3, 0.4) is 0 Å². The molecule has 0 amide bonds. The van der Waals surface area contributed by atoms with E-state index in [1.165, 1.54) is 50.8 Å². The summed E-state index contributed by atoms with van der Waals surface area (Å²) in [5, 5.41) is 13.8. The van der Waals surface area contributed by atoms with Gasteiger partial charge in [-0.05, 0) is 47.6 Å². The van der Waals surface area contributed by atoms with Gasteiger partial charge in [0.2, 0.25) is 0 Å². The molecule has 2 heterocycles. The lowest BCUT2D eigenvalue weighted by atomic mass is 9.88. The third-order valence-corrected chi connectivity index (χ3v) is 6.09. The highest BCUT2D eigenvalue weighted by Crippen LogP contribution is 2.26. The molecule has 0 spiro atoms. The van der Waals surface area contributed by atoms with E-state index in [1.807, 2.05) is 0 Å². The van der Waals surface area contributed by atoms with Crippen LogP contribution in [-0.2, 0) is 6.54 Å². The molecule has 1 N–H and O–H groups in total. The van der Waals surface area contributed by atoms with Gasteiger partial charge < -0.3 is 10.0 Å². The smallest absolute Gasteiger partial charge is 0.0446 e. The van der Waals surface area contributed by atoms with Crippen molar-refractivity contribution < 1.29 is 5.11 Å². The Morgan fingerprint density at radius 1 is 1.18 bits per heavy atom. The summed E-state index contributed by atoms with van der Waals surface area (Å²) in [6, 6.07) is 2.75. The van der Waals surface area contributed by atoms with Crippen LogP contribution in [0.1, 0.15) is 44.1 Å². The van der Waals surface area contributed by atoms with Gasteiger partial charge in [0.25, 0.3) is 0 Å². The van der Waals surface area contributed by atoms with Crippen LogP contribution >= 0.6 is 11.3 Å². The third-order valence-electron chi connectivity index (χ3n) is 5.36. The van der Waals surface area contributed by atoms with E-state index in [0.29, 0.717) is 12.6 Å². The van der Waals surface area contributed by atoms with E-state index in [1.54, 1.807) is 11.3 Å². The van der Waals surface area contributed by atoms with Crippen LogP contribution in [0.2, 0.25) is 0 Å². The van der Waals surface area contributed by atoms with E-state index in [2.05, 4.69) is 26.6 Å². The topological polar surface area (TPSA) is 26.7 Å². The molecule has 0 radical (unpaired) electrons. The molecule has 2 aliphatic rings. The zero-order chi connectivity index (χ0) is 15.2. The summed E-state index contributed by atoms with van der Waals surface area (Å²) in [6.45, 7) is 6.12. The van der Waals surface area contributed by atoms with Crippen LogP contribution in [0.4, 0.5) is 0 Å². The molecule has 3 nitrogen and oxygen atoms in total. The summed E-state index contributed by atoms with van der Waals surface area (Å²) < 4.78 is 0. The van der Waals surface area contributed by atoms with Crippen molar-refractivity contribution in [1.29, 1.82) is 0 Å². The summed E-state index contributed by atoms with van der Waals surface area (Å²) in [5.41, 5.74) is 1.42. The highest BCUT2D eigenvalue weighted by molar-refractivity contribution is 7.07. The summed E-state index contributed by atoms with van der Waals surface area (Å²) in [6.07, 6.45) is 8.08. The quantitative estimate of drug-likeness (QED) is 0.871. The van der Waals surface area contributed by atoms with Gasteiger partial charge in [-0.15, -0.1) is 0 Å². The second-order valence-corrected chi connectivity index (χ2v) is 7.81. The maximum absolute atomic E-state index is 9.43. The van der Waals surface area contributed by atoms with Gasteiger partial charge >= 0.3 is 0 Å². The number of rotatable bonds is 6. The van der Waals surface area contributed by atoms with Crippen molar-refractivity contribution in [1.82, 2.24) is 9.80 Å². The van der Waals surface area contributed by atoms with E-state index in [4.69, 9.17) is 0 Å². The lowest BCUT2D eigenvalue weighted by molar-refractivity contribution is 0.0427. The average Bonchev–Trinajstić information content (AvgIpc) is 3.04. The van der Waals surface area contributed by atoms with Gasteiger partial charge in [-0.25, -0.2) is 0 Å². The fraction of sp³-hybridized carbons (Fsp3) is 0.778. The van der Waals surface area contributed by atoms with Crippen molar-refractivity contribution in [3.63, 3.8) is 0 Å². The summed E-state index contributed by atoms with van der Waals surface area (Å²) in [7, 11) is 0. The van der Waals surface area contributed by atoms with Crippen molar-refractivity contribution in [2.75, 3.05) is 32.8 Å². The normalized spacial score (nSPS) is 25.6. The Labute approximate surface area is 138 Å². The first-order chi connectivity index (χ1) is 10.8. The number of piperazine rings is 1. The second-order valence-electron chi connectivity index (χ2n) is 7.03. The first-order valence-electron chi connectivity index (χ1n) is 8.93. The lowest BCUT2D eigenvalue weighted by Crippen LogP contribution is -2.53. The van der Waals surface area contributed by atoms with Gasteiger partial charge in [-0.1, -0.05) is 19.3 Å². The van der Waals surface area contributed by atoms with E-state index in [0.717, 1.165) is 32.0 Å².